The van der Waals surface area contributed by atoms with Gasteiger partial charge >= 0.3 is 0 Å². The molecule has 1 saturated carbocycles. The molecule has 3 heteroatoms. The Kier molecular flexibility index (Phi) is 3.38. The van der Waals surface area contributed by atoms with Crippen LogP contribution in [0.5, 0.6) is 0 Å². The molecule has 0 unspecified atom stereocenters. The van der Waals surface area contributed by atoms with E-state index in [4.69, 9.17) is 4.42 Å². The molecule has 0 bridgehead atoms. The first kappa shape index (κ1) is 12.4. The molecule has 1 fully saturated rings. The van der Waals surface area contributed by atoms with E-state index in [1.807, 2.05) is 6.20 Å². The van der Waals surface area contributed by atoms with Crippen molar-refractivity contribution in [2.45, 2.75) is 38.1 Å². The van der Waals surface area contributed by atoms with Gasteiger partial charge in [-0.1, -0.05) is 37.3 Å². The largest absolute Gasteiger partial charge is 0.443 e. The van der Waals surface area contributed by atoms with E-state index in [1.54, 1.807) is 0 Å². The van der Waals surface area contributed by atoms with Crippen molar-refractivity contribution in [2.75, 3.05) is 6.54 Å². The highest BCUT2D eigenvalue weighted by atomic mass is 16.4. The minimum absolute atomic E-state index is 0.0945. The van der Waals surface area contributed by atoms with E-state index in [9.17, 15) is 0 Å². The van der Waals surface area contributed by atoms with Crippen molar-refractivity contribution in [3.05, 3.63) is 53.7 Å². The fourth-order valence-electron chi connectivity index (χ4n) is 2.54. The van der Waals surface area contributed by atoms with E-state index < -0.39 is 0 Å². The summed E-state index contributed by atoms with van der Waals surface area (Å²) in [5, 5.41) is 3.32. The van der Waals surface area contributed by atoms with Gasteiger partial charge in [-0.3, -0.25) is 0 Å². The molecular formula is C16H20N2O. The molecule has 1 aromatic carbocycles. The highest BCUT2D eigenvalue weighted by Gasteiger charge is 2.48. The van der Waals surface area contributed by atoms with E-state index >= 15 is 0 Å². The Balaban J connectivity index is 1.76. The van der Waals surface area contributed by atoms with E-state index in [2.05, 4.69) is 47.6 Å². The molecule has 0 aliphatic heterocycles. The highest BCUT2D eigenvalue weighted by molar-refractivity contribution is 5.39. The monoisotopic (exact) mass is 256 g/mol. The number of nitrogens with one attached hydrogen (secondary N) is 1. The first-order valence-electron chi connectivity index (χ1n) is 7.06. The number of oxazole rings is 1. The fraction of sp³-hybridized carbons (Fsp3) is 0.438. The minimum atomic E-state index is 0.0945. The van der Waals surface area contributed by atoms with Gasteiger partial charge in [0.05, 0.1) is 18.2 Å². The molecule has 100 valence electrons. The Morgan fingerprint density at radius 1 is 1.26 bits per heavy atom. The van der Waals surface area contributed by atoms with E-state index in [0.717, 1.165) is 44.0 Å². The maximum Gasteiger partial charge on any atom is 0.208 e. The highest BCUT2D eigenvalue weighted by Crippen LogP contribution is 2.53. The minimum Gasteiger partial charge on any atom is -0.443 e. The summed E-state index contributed by atoms with van der Waals surface area (Å²) in [6.45, 7) is 3.88. The summed E-state index contributed by atoms with van der Waals surface area (Å²) in [7, 11) is 0. The summed E-state index contributed by atoms with van der Waals surface area (Å²) in [5.41, 5.74) is 1.44. The third kappa shape index (κ3) is 2.43. The number of benzene rings is 1. The third-order valence-electron chi connectivity index (χ3n) is 3.80. The van der Waals surface area contributed by atoms with Crippen molar-refractivity contribution in [1.82, 2.24) is 10.3 Å². The van der Waals surface area contributed by atoms with Crippen molar-refractivity contribution >= 4 is 0 Å². The topological polar surface area (TPSA) is 38.1 Å². The normalized spacial score (nSPS) is 16.5. The van der Waals surface area contributed by atoms with Crippen LogP contribution >= 0.6 is 0 Å². The third-order valence-corrected chi connectivity index (χ3v) is 3.80. The number of rotatable bonds is 6. The summed E-state index contributed by atoms with van der Waals surface area (Å²) in [6, 6.07) is 10.6. The molecule has 19 heavy (non-hydrogen) atoms. The van der Waals surface area contributed by atoms with E-state index in [-0.39, 0.29) is 5.41 Å². The molecule has 1 aliphatic rings. The SMILES string of the molecule is CCCNCc1ncc(C2(c3ccccc3)CC2)o1. The molecule has 0 amide bonds. The zero-order valence-electron chi connectivity index (χ0n) is 11.4. The van der Waals surface area contributed by atoms with Gasteiger partial charge in [-0.15, -0.1) is 0 Å². The molecular weight excluding hydrogens is 236 g/mol. The van der Waals surface area contributed by atoms with Crippen LogP contribution in [0.4, 0.5) is 0 Å². The summed E-state index contributed by atoms with van der Waals surface area (Å²) >= 11 is 0. The van der Waals surface area contributed by atoms with Crippen LogP contribution in [0, 0.1) is 0 Å². The molecule has 1 aliphatic carbocycles. The molecule has 3 rings (SSSR count). The molecule has 3 nitrogen and oxygen atoms in total. The maximum atomic E-state index is 5.94. The van der Waals surface area contributed by atoms with Crippen molar-refractivity contribution in [3.63, 3.8) is 0 Å². The van der Waals surface area contributed by atoms with Crippen LogP contribution in [0.25, 0.3) is 0 Å². The van der Waals surface area contributed by atoms with Crippen molar-refractivity contribution in [1.29, 1.82) is 0 Å². The lowest BCUT2D eigenvalue weighted by Gasteiger charge is -2.11. The first-order chi connectivity index (χ1) is 9.35. The standard InChI is InChI=1S/C16H20N2O/c1-2-10-17-12-15-18-11-14(19-15)16(8-9-16)13-6-4-3-5-7-13/h3-7,11,17H,2,8-10,12H2,1H3. The first-order valence-corrected chi connectivity index (χ1v) is 7.06. The molecule has 1 heterocycles. The van der Waals surface area contributed by atoms with Gasteiger partial charge in [0.15, 0.2) is 0 Å². The Bertz CT molecular complexity index is 529. The van der Waals surface area contributed by atoms with Crippen LogP contribution in [0.15, 0.2) is 40.9 Å². The van der Waals surface area contributed by atoms with Gasteiger partial charge in [-0.2, -0.15) is 0 Å². The lowest BCUT2D eigenvalue weighted by Crippen LogP contribution is -2.14. The van der Waals surface area contributed by atoms with Gasteiger partial charge in [0.1, 0.15) is 5.76 Å². The predicted molar refractivity (Wildman–Crippen MR) is 75.0 cm³/mol. The quantitative estimate of drug-likeness (QED) is 0.806. The Morgan fingerprint density at radius 3 is 2.74 bits per heavy atom. The van der Waals surface area contributed by atoms with Crippen LogP contribution < -0.4 is 5.32 Å². The molecule has 1 aromatic heterocycles. The van der Waals surface area contributed by atoms with Crippen LogP contribution in [-0.4, -0.2) is 11.5 Å². The molecule has 0 radical (unpaired) electrons. The lowest BCUT2D eigenvalue weighted by molar-refractivity contribution is 0.418. The molecule has 0 saturated heterocycles. The van der Waals surface area contributed by atoms with E-state index in [1.165, 1.54) is 5.56 Å². The average Bonchev–Trinajstić information content (AvgIpc) is 3.14. The summed E-state index contributed by atoms with van der Waals surface area (Å²) in [6.07, 6.45) is 5.35. The van der Waals surface area contributed by atoms with Crippen molar-refractivity contribution in [3.8, 4) is 0 Å². The van der Waals surface area contributed by atoms with Gasteiger partial charge in [-0.05, 0) is 31.4 Å². The number of hydrogen-bond acceptors (Lipinski definition) is 3. The van der Waals surface area contributed by atoms with E-state index in [0.29, 0.717) is 0 Å². The van der Waals surface area contributed by atoms with Crippen LogP contribution in [0.1, 0.15) is 43.4 Å². The maximum absolute atomic E-state index is 5.94. The van der Waals surface area contributed by atoms with Crippen LogP contribution in [-0.2, 0) is 12.0 Å². The Labute approximate surface area is 114 Å². The summed E-state index contributed by atoms with van der Waals surface area (Å²) in [5.74, 6) is 1.82. The number of hydrogen-bond donors (Lipinski definition) is 1. The van der Waals surface area contributed by atoms with Gasteiger partial charge in [0.2, 0.25) is 5.89 Å². The van der Waals surface area contributed by atoms with Crippen molar-refractivity contribution in [2.24, 2.45) is 0 Å². The number of aromatic nitrogens is 1. The second kappa shape index (κ2) is 5.17. The van der Waals surface area contributed by atoms with Gasteiger partial charge in [-0.25, -0.2) is 4.98 Å². The molecule has 1 N–H and O–H groups in total. The molecule has 0 spiro atoms. The smallest absolute Gasteiger partial charge is 0.208 e. The lowest BCUT2D eigenvalue weighted by atomic mass is 9.94. The second-order valence-corrected chi connectivity index (χ2v) is 5.24. The second-order valence-electron chi connectivity index (χ2n) is 5.24. The predicted octanol–water partition coefficient (Wildman–Crippen LogP) is 3.25. The average molecular weight is 256 g/mol. The Hall–Kier alpha value is -1.61. The van der Waals surface area contributed by atoms with Crippen LogP contribution in [0.3, 0.4) is 0 Å². The fourth-order valence-corrected chi connectivity index (χ4v) is 2.54. The van der Waals surface area contributed by atoms with Crippen LogP contribution in [0.2, 0.25) is 0 Å². The van der Waals surface area contributed by atoms with Gasteiger partial charge in [0, 0.05) is 0 Å². The van der Waals surface area contributed by atoms with Gasteiger partial charge in [0.25, 0.3) is 0 Å². The summed E-state index contributed by atoms with van der Waals surface area (Å²) < 4.78 is 5.94. The summed E-state index contributed by atoms with van der Waals surface area (Å²) in [4.78, 5) is 4.39. The van der Waals surface area contributed by atoms with Crippen molar-refractivity contribution < 1.29 is 4.42 Å². The zero-order chi connectivity index (χ0) is 13.1. The molecule has 2 aromatic rings. The number of nitrogens with zero attached hydrogens (tertiary/aromatic N) is 1. The zero-order valence-corrected chi connectivity index (χ0v) is 11.4. The molecule has 0 atom stereocenters. The Morgan fingerprint density at radius 2 is 2.05 bits per heavy atom. The van der Waals surface area contributed by atoms with Gasteiger partial charge < -0.3 is 9.73 Å².